The molecule has 7 nitrogen and oxygen atoms in total. The van der Waals surface area contributed by atoms with Crippen molar-refractivity contribution in [2.45, 2.75) is 26.7 Å². The lowest BCUT2D eigenvalue weighted by Crippen LogP contribution is -2.34. The van der Waals surface area contributed by atoms with Crippen molar-refractivity contribution in [3.63, 3.8) is 0 Å². The number of rotatable bonds is 7. The Kier molecular flexibility index (Phi) is 4.98. The van der Waals surface area contributed by atoms with E-state index in [0.29, 0.717) is 29.6 Å². The van der Waals surface area contributed by atoms with E-state index in [4.69, 9.17) is 13.9 Å². The molecule has 1 amide bonds. The van der Waals surface area contributed by atoms with Crippen LogP contribution in [0.15, 0.2) is 27.2 Å². The van der Waals surface area contributed by atoms with Crippen LogP contribution in [-0.2, 0) is 16.0 Å². The Morgan fingerprint density at radius 2 is 2.18 bits per heavy atom. The molecule has 7 heteroatoms. The van der Waals surface area contributed by atoms with Crippen LogP contribution in [-0.4, -0.2) is 40.0 Å². The summed E-state index contributed by atoms with van der Waals surface area (Å²) in [6.45, 7) is 4.18. The van der Waals surface area contributed by atoms with Crippen LogP contribution in [0.3, 0.4) is 0 Å². The van der Waals surface area contributed by atoms with E-state index in [9.17, 15) is 9.59 Å². The van der Waals surface area contributed by atoms with Crippen LogP contribution in [0, 0.1) is 6.92 Å². The highest BCUT2D eigenvalue weighted by Gasteiger charge is 2.19. The lowest BCUT2D eigenvalue weighted by molar-refractivity contribution is -0.138. The number of nitrogens with zero attached hydrogens (tertiary/aromatic N) is 2. The van der Waals surface area contributed by atoms with Crippen molar-refractivity contribution in [1.82, 2.24) is 9.88 Å². The molecule has 0 aromatic carbocycles. The van der Waals surface area contributed by atoms with Crippen LogP contribution >= 0.6 is 0 Å². The third-order valence-electron chi connectivity index (χ3n) is 3.27. The molecule has 0 aliphatic rings. The van der Waals surface area contributed by atoms with E-state index >= 15 is 0 Å². The van der Waals surface area contributed by atoms with Crippen molar-refractivity contribution >= 4 is 11.9 Å². The summed E-state index contributed by atoms with van der Waals surface area (Å²) in [6.07, 6.45) is 1.52. The highest BCUT2D eigenvalue weighted by Crippen LogP contribution is 2.22. The predicted molar refractivity (Wildman–Crippen MR) is 77.2 cm³/mol. The van der Waals surface area contributed by atoms with Crippen LogP contribution in [0.2, 0.25) is 0 Å². The highest BCUT2D eigenvalue weighted by atomic mass is 16.4. The third-order valence-corrected chi connectivity index (χ3v) is 3.27. The zero-order valence-electron chi connectivity index (χ0n) is 12.5. The van der Waals surface area contributed by atoms with Gasteiger partial charge in [0, 0.05) is 13.1 Å². The first-order valence-electron chi connectivity index (χ1n) is 7.01. The molecule has 2 heterocycles. The average molecular weight is 306 g/mol. The number of likely N-dealkylation sites (N-methyl/N-ethyl adjacent to an activating group) is 1. The van der Waals surface area contributed by atoms with Gasteiger partial charge < -0.3 is 18.8 Å². The van der Waals surface area contributed by atoms with E-state index in [-0.39, 0.29) is 25.3 Å². The number of carboxylic acids is 1. The van der Waals surface area contributed by atoms with E-state index in [1.54, 1.807) is 19.1 Å². The van der Waals surface area contributed by atoms with Crippen molar-refractivity contribution in [1.29, 1.82) is 0 Å². The molecular weight excluding hydrogens is 288 g/mol. The van der Waals surface area contributed by atoms with Gasteiger partial charge in [0.15, 0.2) is 5.76 Å². The average Bonchev–Trinajstić information content (AvgIpc) is 3.09. The number of amides is 1. The fraction of sp³-hybridized carbons (Fsp3) is 0.400. The third kappa shape index (κ3) is 3.75. The first kappa shape index (κ1) is 15.8. The number of oxazole rings is 1. The number of aliphatic carboxylic acids is 1. The maximum absolute atomic E-state index is 12.2. The van der Waals surface area contributed by atoms with E-state index in [0.717, 1.165) is 0 Å². The van der Waals surface area contributed by atoms with Gasteiger partial charge in [-0.15, -0.1) is 0 Å². The number of carboxylic acid groups (broad SMARTS) is 1. The Hall–Kier alpha value is -2.57. The quantitative estimate of drug-likeness (QED) is 0.841. The molecule has 0 bridgehead atoms. The van der Waals surface area contributed by atoms with Crippen molar-refractivity contribution < 1.29 is 23.5 Å². The molecule has 2 rings (SSSR count). The first-order chi connectivity index (χ1) is 10.5. The van der Waals surface area contributed by atoms with Crippen molar-refractivity contribution in [3.8, 4) is 11.7 Å². The summed E-state index contributed by atoms with van der Waals surface area (Å²) in [6, 6.07) is 3.45. The number of aromatic nitrogens is 1. The van der Waals surface area contributed by atoms with E-state index < -0.39 is 5.97 Å². The first-order valence-corrected chi connectivity index (χ1v) is 7.01. The van der Waals surface area contributed by atoms with Gasteiger partial charge in [-0.3, -0.25) is 9.59 Å². The smallest absolute Gasteiger partial charge is 0.305 e. The molecule has 2 aromatic rings. The lowest BCUT2D eigenvalue weighted by Gasteiger charge is -2.19. The maximum Gasteiger partial charge on any atom is 0.305 e. The van der Waals surface area contributed by atoms with Crippen molar-refractivity contribution in [2.24, 2.45) is 0 Å². The van der Waals surface area contributed by atoms with Crippen molar-refractivity contribution in [2.75, 3.05) is 13.1 Å². The molecule has 0 radical (unpaired) electrons. The van der Waals surface area contributed by atoms with Crippen LogP contribution < -0.4 is 0 Å². The van der Waals surface area contributed by atoms with Crippen molar-refractivity contribution in [3.05, 3.63) is 29.9 Å². The van der Waals surface area contributed by atoms with Crippen LogP contribution in [0.5, 0.6) is 0 Å². The molecule has 1 N–H and O–H groups in total. The summed E-state index contributed by atoms with van der Waals surface area (Å²) < 4.78 is 10.7. The van der Waals surface area contributed by atoms with Crippen LogP contribution in [0.25, 0.3) is 11.7 Å². The SMILES string of the molecule is CCN(CCC(=O)O)C(=O)Cc1nc(-c2ccco2)oc1C. The number of hydrogen-bond donors (Lipinski definition) is 1. The Morgan fingerprint density at radius 3 is 2.77 bits per heavy atom. The molecule has 118 valence electrons. The lowest BCUT2D eigenvalue weighted by atomic mass is 10.2. The monoisotopic (exact) mass is 306 g/mol. The molecule has 0 aliphatic carbocycles. The fourth-order valence-corrected chi connectivity index (χ4v) is 2.04. The standard InChI is InChI=1S/C15H18N2O5/c1-3-17(7-6-14(19)20)13(18)9-11-10(2)22-15(16-11)12-5-4-8-21-12/h4-5,8H,3,6-7,9H2,1-2H3,(H,19,20). The van der Waals surface area contributed by atoms with Gasteiger partial charge in [-0.2, -0.15) is 0 Å². The molecule has 0 unspecified atom stereocenters. The van der Waals surface area contributed by atoms with E-state index in [1.807, 2.05) is 6.92 Å². The summed E-state index contributed by atoms with van der Waals surface area (Å²) in [5, 5.41) is 8.71. The van der Waals surface area contributed by atoms with Gasteiger partial charge in [-0.25, -0.2) is 4.98 Å². The summed E-state index contributed by atoms with van der Waals surface area (Å²) >= 11 is 0. The Morgan fingerprint density at radius 1 is 1.41 bits per heavy atom. The number of carbonyl (C=O) groups excluding carboxylic acids is 1. The van der Waals surface area contributed by atoms with Gasteiger partial charge in [-0.1, -0.05) is 0 Å². The van der Waals surface area contributed by atoms with Gasteiger partial charge in [-0.05, 0) is 26.0 Å². The summed E-state index contributed by atoms with van der Waals surface area (Å²) in [5.41, 5.74) is 0.533. The Bertz CT molecular complexity index is 645. The molecule has 0 saturated heterocycles. The molecule has 0 saturated carbocycles. The van der Waals surface area contributed by atoms with Gasteiger partial charge in [0.2, 0.25) is 5.91 Å². The number of hydrogen-bond acceptors (Lipinski definition) is 5. The molecule has 0 fully saturated rings. The molecule has 22 heavy (non-hydrogen) atoms. The zero-order chi connectivity index (χ0) is 16.1. The maximum atomic E-state index is 12.2. The number of carbonyl (C=O) groups is 2. The number of aryl methyl sites for hydroxylation is 1. The Labute approximate surface area is 127 Å². The van der Waals surface area contributed by atoms with Gasteiger partial charge >= 0.3 is 5.97 Å². The highest BCUT2D eigenvalue weighted by molar-refractivity contribution is 5.79. The molecule has 0 spiro atoms. The van der Waals surface area contributed by atoms with Gasteiger partial charge in [0.05, 0.1) is 24.8 Å². The second-order valence-electron chi connectivity index (χ2n) is 4.79. The normalized spacial score (nSPS) is 10.6. The summed E-state index contributed by atoms with van der Waals surface area (Å²) in [5.74, 6) is 0.281. The van der Waals surface area contributed by atoms with Gasteiger partial charge in [0.1, 0.15) is 5.76 Å². The van der Waals surface area contributed by atoms with E-state index in [1.165, 1.54) is 11.2 Å². The van der Waals surface area contributed by atoms with Crippen LogP contribution in [0.4, 0.5) is 0 Å². The van der Waals surface area contributed by atoms with Crippen LogP contribution in [0.1, 0.15) is 24.8 Å². The second-order valence-corrected chi connectivity index (χ2v) is 4.79. The number of furan rings is 1. The minimum Gasteiger partial charge on any atom is -0.481 e. The fourth-order valence-electron chi connectivity index (χ4n) is 2.04. The topological polar surface area (TPSA) is 96.8 Å². The minimum absolute atomic E-state index is 0.0729. The minimum atomic E-state index is -0.927. The molecule has 2 aromatic heterocycles. The molecular formula is C15H18N2O5. The zero-order valence-corrected chi connectivity index (χ0v) is 12.5. The molecule has 0 atom stereocenters. The predicted octanol–water partition coefficient (Wildman–Crippen LogP) is 2.11. The second kappa shape index (κ2) is 6.93. The van der Waals surface area contributed by atoms with E-state index in [2.05, 4.69) is 4.98 Å². The Balaban J connectivity index is 2.06. The largest absolute Gasteiger partial charge is 0.481 e. The van der Waals surface area contributed by atoms with Gasteiger partial charge in [0.25, 0.3) is 5.89 Å². The molecule has 0 aliphatic heterocycles. The summed E-state index contributed by atoms with van der Waals surface area (Å²) in [4.78, 5) is 28.6. The summed E-state index contributed by atoms with van der Waals surface area (Å²) in [7, 11) is 0.